The lowest BCUT2D eigenvalue weighted by Gasteiger charge is -2.51. The average Bonchev–Trinajstić information content (AvgIpc) is 2.65. The van der Waals surface area contributed by atoms with Crippen LogP contribution in [0.5, 0.6) is 5.75 Å². The molecule has 1 aromatic carbocycles. The van der Waals surface area contributed by atoms with Crippen molar-refractivity contribution in [2.75, 3.05) is 6.54 Å². The van der Waals surface area contributed by atoms with E-state index in [0.29, 0.717) is 6.42 Å². The van der Waals surface area contributed by atoms with E-state index in [2.05, 4.69) is 37.5 Å². The van der Waals surface area contributed by atoms with Gasteiger partial charge in [0, 0.05) is 18.4 Å². The Morgan fingerprint density at radius 3 is 2.89 bits per heavy atom. The van der Waals surface area contributed by atoms with Crippen molar-refractivity contribution in [1.29, 1.82) is 0 Å². The van der Waals surface area contributed by atoms with Crippen molar-refractivity contribution in [2.24, 2.45) is 5.41 Å². The molecule has 1 aliphatic carbocycles. The number of hydrogen-bond donors (Lipinski definition) is 1. The SMILES string of the molecule is C=C/C=C\C1=Cc2ccc(O)cc2C2N(CCCCCC)C(=O)CCC12C. The first kappa shape index (κ1) is 19.5. The maximum Gasteiger partial charge on any atom is 0.223 e. The molecule has 2 unspecified atom stereocenters. The fourth-order valence-electron chi connectivity index (χ4n) is 4.58. The van der Waals surface area contributed by atoms with Crippen molar-refractivity contribution in [1.82, 2.24) is 4.90 Å². The Morgan fingerprint density at radius 1 is 1.33 bits per heavy atom. The molecule has 3 rings (SSSR count). The van der Waals surface area contributed by atoms with E-state index >= 15 is 0 Å². The Morgan fingerprint density at radius 2 is 2.15 bits per heavy atom. The number of fused-ring (bicyclic) bond motifs is 3. The van der Waals surface area contributed by atoms with Crippen LogP contribution in [0.4, 0.5) is 0 Å². The van der Waals surface area contributed by atoms with Crippen LogP contribution in [0.3, 0.4) is 0 Å². The van der Waals surface area contributed by atoms with Gasteiger partial charge in [0.2, 0.25) is 5.91 Å². The summed E-state index contributed by atoms with van der Waals surface area (Å²) in [5.74, 6) is 0.496. The van der Waals surface area contributed by atoms with Crippen LogP contribution < -0.4 is 0 Å². The van der Waals surface area contributed by atoms with Crippen LogP contribution in [-0.4, -0.2) is 22.5 Å². The molecule has 3 heteroatoms. The van der Waals surface area contributed by atoms with Gasteiger partial charge in [-0.15, -0.1) is 0 Å². The Hall–Kier alpha value is -2.29. The van der Waals surface area contributed by atoms with E-state index in [9.17, 15) is 9.90 Å². The summed E-state index contributed by atoms with van der Waals surface area (Å²) in [6, 6.07) is 5.50. The molecule has 1 N–H and O–H groups in total. The summed E-state index contributed by atoms with van der Waals surface area (Å²) in [4.78, 5) is 15.0. The molecule has 1 saturated heterocycles. The van der Waals surface area contributed by atoms with E-state index in [1.165, 1.54) is 18.4 Å². The number of nitrogens with zero attached hydrogens (tertiary/aromatic N) is 1. The number of carbonyl (C=O) groups excluding carboxylic acids is 1. The Balaban J connectivity index is 2.04. The van der Waals surface area contributed by atoms with Crippen LogP contribution in [0.15, 0.2) is 48.6 Å². The molecule has 0 spiro atoms. The third-order valence-electron chi connectivity index (χ3n) is 6.09. The van der Waals surface area contributed by atoms with Crippen molar-refractivity contribution in [3.05, 3.63) is 59.7 Å². The van der Waals surface area contributed by atoms with Gasteiger partial charge in [-0.3, -0.25) is 4.79 Å². The van der Waals surface area contributed by atoms with Crippen LogP contribution in [-0.2, 0) is 4.79 Å². The minimum absolute atomic E-state index is 0.0306. The van der Waals surface area contributed by atoms with E-state index in [0.717, 1.165) is 36.9 Å². The zero-order valence-corrected chi connectivity index (χ0v) is 16.6. The summed E-state index contributed by atoms with van der Waals surface area (Å²) in [6.45, 7) is 9.05. The highest BCUT2D eigenvalue weighted by Gasteiger charge is 2.48. The zero-order chi connectivity index (χ0) is 19.4. The van der Waals surface area contributed by atoms with Crippen molar-refractivity contribution in [2.45, 2.75) is 58.4 Å². The Kier molecular flexibility index (Phi) is 5.88. The van der Waals surface area contributed by atoms with Gasteiger partial charge in [0.15, 0.2) is 0 Å². The number of benzene rings is 1. The zero-order valence-electron chi connectivity index (χ0n) is 16.6. The van der Waals surface area contributed by atoms with E-state index in [4.69, 9.17) is 0 Å². The topological polar surface area (TPSA) is 40.5 Å². The molecular formula is C24H31NO2. The maximum absolute atomic E-state index is 12.9. The third-order valence-corrected chi connectivity index (χ3v) is 6.09. The summed E-state index contributed by atoms with van der Waals surface area (Å²) in [5.41, 5.74) is 3.24. The van der Waals surface area contributed by atoms with Gasteiger partial charge >= 0.3 is 0 Å². The second-order valence-electron chi connectivity index (χ2n) is 7.98. The molecule has 27 heavy (non-hydrogen) atoms. The largest absolute Gasteiger partial charge is 0.508 e. The molecule has 1 aliphatic heterocycles. The molecule has 1 fully saturated rings. The van der Waals surface area contributed by atoms with Crippen LogP contribution >= 0.6 is 0 Å². The summed E-state index contributed by atoms with van der Waals surface area (Å²) in [5, 5.41) is 10.1. The van der Waals surface area contributed by atoms with Gasteiger partial charge in [-0.2, -0.15) is 0 Å². The van der Waals surface area contributed by atoms with Gasteiger partial charge in [0.25, 0.3) is 0 Å². The number of aromatic hydroxyl groups is 1. The minimum Gasteiger partial charge on any atom is -0.508 e. The number of piperidine rings is 1. The minimum atomic E-state index is -0.154. The average molecular weight is 366 g/mol. The number of rotatable bonds is 7. The van der Waals surface area contributed by atoms with Crippen LogP contribution in [0.2, 0.25) is 0 Å². The Bertz CT molecular complexity index is 777. The molecule has 1 amide bonds. The first-order valence-electron chi connectivity index (χ1n) is 10.1. The highest BCUT2D eigenvalue weighted by atomic mass is 16.3. The second-order valence-corrected chi connectivity index (χ2v) is 7.98. The summed E-state index contributed by atoms with van der Waals surface area (Å²) < 4.78 is 0. The van der Waals surface area contributed by atoms with Gasteiger partial charge in [-0.1, -0.05) is 70.1 Å². The normalized spacial score (nSPS) is 24.5. The molecule has 1 heterocycles. The number of carbonyl (C=O) groups is 1. The molecule has 0 radical (unpaired) electrons. The van der Waals surface area contributed by atoms with Crippen molar-refractivity contribution < 1.29 is 9.90 Å². The summed E-state index contributed by atoms with van der Waals surface area (Å²) in [6.07, 6.45) is 14.1. The fraction of sp³-hybridized carbons (Fsp3) is 0.458. The lowest BCUT2D eigenvalue weighted by atomic mass is 9.63. The first-order chi connectivity index (χ1) is 13.0. The van der Waals surface area contributed by atoms with Crippen molar-refractivity contribution >= 4 is 12.0 Å². The number of phenols is 1. The number of hydrogen-bond acceptors (Lipinski definition) is 2. The summed E-state index contributed by atoms with van der Waals surface area (Å²) in [7, 11) is 0. The molecule has 144 valence electrons. The quantitative estimate of drug-likeness (QED) is 0.491. The van der Waals surface area contributed by atoms with Crippen molar-refractivity contribution in [3.8, 4) is 5.75 Å². The fourth-order valence-corrected chi connectivity index (χ4v) is 4.58. The van der Waals surface area contributed by atoms with Gasteiger partial charge in [-0.05, 0) is 41.7 Å². The number of allylic oxidation sites excluding steroid dienone is 3. The van der Waals surface area contributed by atoms with Gasteiger partial charge in [-0.25, -0.2) is 0 Å². The molecular weight excluding hydrogens is 334 g/mol. The van der Waals surface area contributed by atoms with E-state index in [1.807, 2.05) is 18.2 Å². The van der Waals surface area contributed by atoms with Crippen molar-refractivity contribution in [3.63, 3.8) is 0 Å². The lowest BCUT2D eigenvalue weighted by molar-refractivity contribution is -0.141. The lowest BCUT2D eigenvalue weighted by Crippen LogP contribution is -2.50. The number of phenolic OH excluding ortho intramolecular Hbond substituents is 1. The van der Waals surface area contributed by atoms with Crippen LogP contribution in [0, 0.1) is 5.41 Å². The number of likely N-dealkylation sites (tertiary alicyclic amines) is 1. The van der Waals surface area contributed by atoms with E-state index in [1.54, 1.807) is 12.1 Å². The standard InChI is InChI=1S/C24H31NO2/c1-4-6-8-9-15-25-22(27)13-14-24(3)19(10-7-5-2)16-18-11-12-20(26)17-21(18)23(24)25/h5,7,10-12,16-17,23,26H,2,4,6,8-9,13-15H2,1,3H3/b10-7-. The van der Waals surface area contributed by atoms with Gasteiger partial charge in [0.05, 0.1) is 6.04 Å². The first-order valence-corrected chi connectivity index (χ1v) is 10.1. The predicted molar refractivity (Wildman–Crippen MR) is 111 cm³/mol. The molecule has 3 nitrogen and oxygen atoms in total. The number of unbranched alkanes of at least 4 members (excludes halogenated alkanes) is 3. The van der Waals surface area contributed by atoms with E-state index < -0.39 is 0 Å². The molecule has 1 aromatic rings. The molecule has 0 saturated carbocycles. The van der Waals surface area contributed by atoms with Gasteiger partial charge < -0.3 is 10.0 Å². The third kappa shape index (κ3) is 3.73. The molecule has 2 aliphatic rings. The van der Waals surface area contributed by atoms with Crippen LogP contribution in [0.25, 0.3) is 6.08 Å². The molecule has 0 bridgehead atoms. The van der Waals surface area contributed by atoms with Crippen LogP contribution in [0.1, 0.15) is 69.5 Å². The Labute approximate surface area is 163 Å². The maximum atomic E-state index is 12.9. The van der Waals surface area contributed by atoms with E-state index in [-0.39, 0.29) is 23.1 Å². The molecule has 2 atom stereocenters. The molecule has 0 aromatic heterocycles. The van der Waals surface area contributed by atoms with Gasteiger partial charge in [0.1, 0.15) is 5.75 Å². The predicted octanol–water partition coefficient (Wildman–Crippen LogP) is 5.78. The second kappa shape index (κ2) is 8.16. The smallest absolute Gasteiger partial charge is 0.223 e. The monoisotopic (exact) mass is 365 g/mol. The highest BCUT2D eigenvalue weighted by Crippen LogP contribution is 2.55. The number of amides is 1. The summed E-state index contributed by atoms with van der Waals surface area (Å²) >= 11 is 0. The highest BCUT2D eigenvalue weighted by molar-refractivity contribution is 5.80.